The zero-order chi connectivity index (χ0) is 24.7. The lowest BCUT2D eigenvalue weighted by Crippen LogP contribution is -2.53. The Morgan fingerprint density at radius 2 is 1.68 bits per heavy atom. The fourth-order valence-corrected chi connectivity index (χ4v) is 6.52. The smallest absolute Gasteiger partial charge is 0.387 e. The van der Waals surface area contributed by atoms with Crippen LogP contribution >= 0.6 is 0 Å². The number of amides is 1. The molecule has 0 aromatic heterocycles. The fraction of sp³-hybridized carbons (Fsp3) is 0.913. The molecule has 0 spiro atoms. The highest BCUT2D eigenvalue weighted by Gasteiger charge is 2.49. The lowest BCUT2D eigenvalue weighted by atomic mass is 9.77. The molecule has 4 rings (SSSR count). The molecular weight excluding hydrogens is 459 g/mol. The molecule has 0 aromatic rings. The Bertz CT molecular complexity index is 746. The lowest BCUT2D eigenvalue weighted by molar-refractivity contribution is -0.345. The molecule has 0 radical (unpaired) electrons. The first kappa shape index (κ1) is 25.6. The number of hydrogen-bond donors (Lipinski definition) is 2. The zero-order valence-electron chi connectivity index (χ0n) is 19.3. The maximum Gasteiger partial charge on any atom is 0.522 e. The number of halogens is 5. The van der Waals surface area contributed by atoms with Crippen molar-refractivity contribution in [1.82, 2.24) is 9.80 Å². The van der Waals surface area contributed by atoms with Gasteiger partial charge in [0.05, 0.1) is 18.0 Å². The molecule has 4 fully saturated rings. The molecule has 2 saturated heterocycles. The van der Waals surface area contributed by atoms with Gasteiger partial charge in [-0.15, -0.1) is 13.2 Å². The second-order valence-corrected chi connectivity index (χ2v) is 10.6. The summed E-state index contributed by atoms with van der Waals surface area (Å²) in [7, 11) is 0. The summed E-state index contributed by atoms with van der Waals surface area (Å²) < 4.78 is 69.2. The maximum atomic E-state index is 13.6. The Labute approximate surface area is 196 Å². The molecule has 1 amide bonds. The summed E-state index contributed by atoms with van der Waals surface area (Å²) in [6.07, 6.45) is -1.28. The third-order valence-electron chi connectivity index (χ3n) is 8.40. The van der Waals surface area contributed by atoms with Crippen LogP contribution in [0.1, 0.15) is 64.2 Å². The minimum atomic E-state index is -4.63. The van der Waals surface area contributed by atoms with Gasteiger partial charge in [0.1, 0.15) is 0 Å². The van der Waals surface area contributed by atoms with Crippen molar-refractivity contribution in [3.05, 3.63) is 0 Å². The zero-order valence-corrected chi connectivity index (χ0v) is 19.3. The maximum absolute atomic E-state index is 13.6. The van der Waals surface area contributed by atoms with E-state index in [0.717, 1.165) is 12.8 Å². The van der Waals surface area contributed by atoms with E-state index in [1.807, 2.05) is 0 Å². The first-order chi connectivity index (χ1) is 15.9. The van der Waals surface area contributed by atoms with Crippen molar-refractivity contribution >= 4 is 11.7 Å². The number of ether oxygens (including phenoxy) is 1. The predicted molar refractivity (Wildman–Crippen MR) is 115 cm³/mol. The van der Waals surface area contributed by atoms with Crippen LogP contribution in [-0.4, -0.2) is 71.6 Å². The monoisotopic (exact) mass is 494 g/mol. The number of alkyl halides is 5. The molecule has 2 aliphatic heterocycles. The summed E-state index contributed by atoms with van der Waals surface area (Å²) in [5.74, 6) is -2.31. The van der Waals surface area contributed by atoms with E-state index in [1.165, 1.54) is 0 Å². The van der Waals surface area contributed by atoms with Crippen LogP contribution < -0.4 is 5.73 Å². The number of fused-ring (bicyclic) bond motifs is 1. The number of rotatable bonds is 5. The summed E-state index contributed by atoms with van der Waals surface area (Å²) in [6, 6.07) is -0.330. The number of hydrogen-bond acceptors (Lipinski definition) is 4. The van der Waals surface area contributed by atoms with Crippen molar-refractivity contribution in [3.8, 4) is 0 Å². The van der Waals surface area contributed by atoms with Gasteiger partial charge < -0.3 is 10.6 Å². The number of nitrogens with one attached hydrogen (secondary N) is 1. The molecule has 0 aromatic carbocycles. The first-order valence-corrected chi connectivity index (χ1v) is 12.4. The van der Waals surface area contributed by atoms with Crippen molar-refractivity contribution in [3.63, 3.8) is 0 Å². The molecule has 194 valence electrons. The molecule has 34 heavy (non-hydrogen) atoms. The van der Waals surface area contributed by atoms with Crippen molar-refractivity contribution in [2.45, 2.75) is 94.7 Å². The van der Waals surface area contributed by atoms with Gasteiger partial charge in [0.25, 0.3) is 5.92 Å². The number of nitrogens with two attached hydrogens (primary N) is 1. The van der Waals surface area contributed by atoms with E-state index >= 15 is 0 Å². The normalized spacial score (nSPS) is 36.8. The Balaban J connectivity index is 1.44. The van der Waals surface area contributed by atoms with Crippen molar-refractivity contribution in [2.24, 2.45) is 23.5 Å². The van der Waals surface area contributed by atoms with Crippen LogP contribution in [0.15, 0.2) is 0 Å². The highest BCUT2D eigenvalue weighted by Crippen LogP contribution is 2.44. The van der Waals surface area contributed by atoms with Crippen molar-refractivity contribution in [1.29, 1.82) is 5.41 Å². The van der Waals surface area contributed by atoms with E-state index in [-0.39, 0.29) is 61.5 Å². The van der Waals surface area contributed by atoms with Gasteiger partial charge in [-0.05, 0) is 63.2 Å². The highest BCUT2D eigenvalue weighted by atomic mass is 19.4. The summed E-state index contributed by atoms with van der Waals surface area (Å²) >= 11 is 0. The summed E-state index contributed by atoms with van der Waals surface area (Å²) in [5.41, 5.74) is 5.79. The number of carbonyl (C=O) groups is 1. The van der Waals surface area contributed by atoms with Crippen LogP contribution in [0.25, 0.3) is 0 Å². The summed E-state index contributed by atoms with van der Waals surface area (Å²) in [6.45, 7) is 0.674. The summed E-state index contributed by atoms with van der Waals surface area (Å²) in [5, 5.41) is 7.89. The van der Waals surface area contributed by atoms with Crippen LogP contribution in [-0.2, 0) is 9.53 Å². The largest absolute Gasteiger partial charge is 0.522 e. The van der Waals surface area contributed by atoms with Gasteiger partial charge >= 0.3 is 6.36 Å². The van der Waals surface area contributed by atoms with E-state index in [2.05, 4.69) is 9.64 Å². The molecular formula is C23H35F5N4O2. The molecule has 3 N–H and O–H groups in total. The van der Waals surface area contributed by atoms with Gasteiger partial charge in [-0.25, -0.2) is 8.78 Å². The molecule has 4 aliphatic rings. The van der Waals surface area contributed by atoms with Crippen LogP contribution in [0.4, 0.5) is 22.0 Å². The molecule has 0 bridgehead atoms. The van der Waals surface area contributed by atoms with Gasteiger partial charge in [-0.1, -0.05) is 0 Å². The van der Waals surface area contributed by atoms with Crippen LogP contribution in [0.3, 0.4) is 0 Å². The van der Waals surface area contributed by atoms with Crippen LogP contribution in [0.2, 0.25) is 0 Å². The van der Waals surface area contributed by atoms with Gasteiger partial charge in [-0.3, -0.25) is 19.8 Å². The standard InChI is InChI=1S/C23H35F5N4O2/c24-22(25)7-9-31(10-8-22)21(33)19-11-15-3-4-16(20(29)30)12-18(15)32(19)13-14-1-5-17(6-2-14)34-23(26,27)28/h14-19H,1-13H2,(H3,29,30). The van der Waals surface area contributed by atoms with E-state index in [9.17, 15) is 26.7 Å². The lowest BCUT2D eigenvalue weighted by Gasteiger charge is -2.41. The average Bonchev–Trinajstić information content (AvgIpc) is 3.11. The second kappa shape index (κ2) is 9.87. The quantitative estimate of drug-likeness (QED) is 0.342. The predicted octanol–water partition coefficient (Wildman–Crippen LogP) is 4.13. The second-order valence-electron chi connectivity index (χ2n) is 10.6. The molecule has 2 heterocycles. The van der Waals surface area contributed by atoms with Gasteiger partial charge in [-0.2, -0.15) is 0 Å². The molecule has 2 aliphatic carbocycles. The fourth-order valence-electron chi connectivity index (χ4n) is 6.52. The van der Waals surface area contributed by atoms with E-state index in [0.29, 0.717) is 45.1 Å². The SMILES string of the molecule is N=C(N)C1CCC2CC(C(=O)N3CCC(F)(F)CC3)N(CC3CCC(OC(F)(F)F)CC3)C2C1. The van der Waals surface area contributed by atoms with Gasteiger partial charge in [0, 0.05) is 44.4 Å². The molecule has 4 unspecified atom stereocenters. The van der Waals surface area contributed by atoms with Crippen molar-refractivity contribution in [2.75, 3.05) is 19.6 Å². The van der Waals surface area contributed by atoms with Gasteiger partial charge in [0.2, 0.25) is 5.91 Å². The Kier molecular flexibility index (Phi) is 7.43. The third kappa shape index (κ3) is 6.01. The third-order valence-corrected chi connectivity index (χ3v) is 8.40. The highest BCUT2D eigenvalue weighted by molar-refractivity contribution is 5.83. The number of nitrogens with zero attached hydrogens (tertiary/aromatic N) is 2. The molecule has 6 nitrogen and oxygen atoms in total. The minimum absolute atomic E-state index is 0.0396. The molecule has 4 atom stereocenters. The van der Waals surface area contributed by atoms with E-state index < -0.39 is 24.4 Å². The number of piperidine rings is 1. The van der Waals surface area contributed by atoms with Crippen LogP contribution in [0, 0.1) is 23.2 Å². The van der Waals surface area contributed by atoms with Crippen molar-refractivity contribution < 1.29 is 31.5 Å². The average molecular weight is 495 g/mol. The Hall–Kier alpha value is -1.49. The van der Waals surface area contributed by atoms with Gasteiger partial charge in [0.15, 0.2) is 0 Å². The Morgan fingerprint density at radius 1 is 1.03 bits per heavy atom. The number of amidine groups is 1. The number of carbonyl (C=O) groups excluding carboxylic acids is 1. The molecule has 2 saturated carbocycles. The molecule has 11 heteroatoms. The van der Waals surface area contributed by atoms with E-state index in [4.69, 9.17) is 11.1 Å². The first-order valence-electron chi connectivity index (χ1n) is 12.4. The minimum Gasteiger partial charge on any atom is -0.387 e. The van der Waals surface area contributed by atoms with Crippen LogP contribution in [0.5, 0.6) is 0 Å². The van der Waals surface area contributed by atoms with E-state index in [1.54, 1.807) is 4.90 Å². The topological polar surface area (TPSA) is 82.6 Å². The summed E-state index contributed by atoms with van der Waals surface area (Å²) in [4.78, 5) is 17.2. The number of likely N-dealkylation sites (tertiary alicyclic amines) is 2. The Morgan fingerprint density at radius 3 is 2.26 bits per heavy atom.